The highest BCUT2D eigenvalue weighted by Gasteiger charge is 2.18. The Bertz CT molecular complexity index is 918. The molecule has 0 spiro atoms. The van der Waals surface area contributed by atoms with Crippen LogP contribution in [0.2, 0.25) is 0 Å². The molecule has 6 nitrogen and oxygen atoms in total. The van der Waals surface area contributed by atoms with Crippen LogP contribution in [0.15, 0.2) is 36.4 Å². The lowest BCUT2D eigenvalue weighted by atomic mass is 10.1. The number of pyridine rings is 1. The number of carbonyl (C=O) groups excluding carboxylic acids is 1. The summed E-state index contributed by atoms with van der Waals surface area (Å²) in [7, 11) is 0. The normalized spacial score (nSPS) is 17.1. The first-order valence-corrected chi connectivity index (χ1v) is 8.21. The summed E-state index contributed by atoms with van der Waals surface area (Å²) >= 11 is 0. The number of fused-ring (bicyclic) bond motifs is 1. The topological polar surface area (TPSA) is 79.9 Å². The molecular weight excluding hydrogens is 323 g/mol. The first-order valence-electron chi connectivity index (χ1n) is 8.21. The second-order valence-electron chi connectivity index (χ2n) is 6.02. The molecule has 1 amide bonds. The largest absolute Gasteiger partial charge is 0.376 e. The predicted molar refractivity (Wildman–Crippen MR) is 90.6 cm³/mol. The van der Waals surface area contributed by atoms with Crippen LogP contribution in [0, 0.1) is 5.82 Å². The second kappa shape index (κ2) is 6.60. The number of rotatable bonds is 4. The van der Waals surface area contributed by atoms with Crippen molar-refractivity contribution >= 4 is 16.9 Å². The summed E-state index contributed by atoms with van der Waals surface area (Å²) in [6.07, 6.45) is 2.05. The van der Waals surface area contributed by atoms with E-state index in [0.29, 0.717) is 34.5 Å². The van der Waals surface area contributed by atoms with Gasteiger partial charge in [-0.15, -0.1) is 0 Å². The van der Waals surface area contributed by atoms with Gasteiger partial charge < -0.3 is 10.1 Å². The van der Waals surface area contributed by atoms with Gasteiger partial charge in [0.05, 0.1) is 11.6 Å². The Balaban J connectivity index is 1.60. The fraction of sp³-hybridized carbons (Fsp3) is 0.278. The zero-order chi connectivity index (χ0) is 17.2. The number of nitrogens with one attached hydrogen (secondary N) is 2. The van der Waals surface area contributed by atoms with Gasteiger partial charge in [-0.2, -0.15) is 5.10 Å². The molecule has 2 aromatic heterocycles. The van der Waals surface area contributed by atoms with Crippen LogP contribution >= 0.6 is 0 Å². The van der Waals surface area contributed by atoms with Crippen molar-refractivity contribution in [1.29, 1.82) is 0 Å². The zero-order valence-corrected chi connectivity index (χ0v) is 13.5. The maximum Gasteiger partial charge on any atom is 0.269 e. The summed E-state index contributed by atoms with van der Waals surface area (Å²) in [6.45, 7) is 1.22. The quantitative estimate of drug-likeness (QED) is 0.765. The van der Waals surface area contributed by atoms with Gasteiger partial charge in [0.1, 0.15) is 22.7 Å². The van der Waals surface area contributed by atoms with Gasteiger partial charge in [0.15, 0.2) is 0 Å². The van der Waals surface area contributed by atoms with E-state index in [-0.39, 0.29) is 17.8 Å². The van der Waals surface area contributed by atoms with E-state index >= 15 is 0 Å². The van der Waals surface area contributed by atoms with E-state index in [0.717, 1.165) is 19.4 Å². The molecule has 0 saturated carbocycles. The van der Waals surface area contributed by atoms with E-state index in [2.05, 4.69) is 20.5 Å². The lowest BCUT2D eigenvalue weighted by Crippen LogP contribution is -2.32. The van der Waals surface area contributed by atoms with Crippen LogP contribution in [0.1, 0.15) is 23.3 Å². The first kappa shape index (κ1) is 15.7. The standard InChI is InChI=1S/C18H17FN4O2/c19-12-4-1-3-11(9-12)16-17-14(22-23-16)6-7-15(21-17)18(24)20-10-13-5-2-8-25-13/h1,3-4,6-7,9,13H,2,5,8,10H2,(H,20,24)(H,22,23). The summed E-state index contributed by atoms with van der Waals surface area (Å²) in [6, 6.07) is 9.52. The maximum atomic E-state index is 13.5. The number of H-pyrrole nitrogens is 1. The Labute approximate surface area is 143 Å². The molecule has 25 heavy (non-hydrogen) atoms. The number of aromatic nitrogens is 3. The van der Waals surface area contributed by atoms with Crippen molar-refractivity contribution < 1.29 is 13.9 Å². The molecule has 1 aromatic carbocycles. The molecule has 1 saturated heterocycles. The monoisotopic (exact) mass is 340 g/mol. The third-order valence-electron chi connectivity index (χ3n) is 4.25. The van der Waals surface area contributed by atoms with Gasteiger partial charge in [-0.05, 0) is 37.1 Å². The molecule has 0 bridgehead atoms. The van der Waals surface area contributed by atoms with Crippen LogP contribution in [0.25, 0.3) is 22.3 Å². The third kappa shape index (κ3) is 3.23. The molecule has 1 atom stereocenters. The average molecular weight is 340 g/mol. The molecule has 3 heterocycles. The number of aromatic amines is 1. The van der Waals surface area contributed by atoms with Crippen LogP contribution < -0.4 is 5.32 Å². The minimum absolute atomic E-state index is 0.0736. The van der Waals surface area contributed by atoms with Gasteiger partial charge >= 0.3 is 0 Å². The number of ether oxygens (including phenoxy) is 1. The molecule has 4 rings (SSSR count). The minimum atomic E-state index is -0.348. The van der Waals surface area contributed by atoms with Gasteiger partial charge in [0, 0.05) is 18.7 Å². The number of hydrogen-bond donors (Lipinski definition) is 2. The number of benzene rings is 1. The van der Waals surface area contributed by atoms with Crippen molar-refractivity contribution in [2.24, 2.45) is 0 Å². The Kier molecular flexibility index (Phi) is 4.15. The lowest BCUT2D eigenvalue weighted by molar-refractivity contribution is 0.0854. The van der Waals surface area contributed by atoms with Gasteiger partial charge in [-0.3, -0.25) is 9.89 Å². The molecule has 3 aromatic rings. The highest BCUT2D eigenvalue weighted by Crippen LogP contribution is 2.25. The van der Waals surface area contributed by atoms with E-state index < -0.39 is 0 Å². The fourth-order valence-electron chi connectivity index (χ4n) is 2.96. The molecule has 1 aliphatic heterocycles. The van der Waals surface area contributed by atoms with Crippen molar-refractivity contribution in [3.63, 3.8) is 0 Å². The van der Waals surface area contributed by atoms with Crippen molar-refractivity contribution in [2.75, 3.05) is 13.2 Å². The number of nitrogens with zero attached hydrogens (tertiary/aromatic N) is 2. The van der Waals surface area contributed by atoms with Gasteiger partial charge in [-0.1, -0.05) is 12.1 Å². The first-order chi connectivity index (χ1) is 12.2. The average Bonchev–Trinajstić information content (AvgIpc) is 3.28. The number of halogens is 1. The van der Waals surface area contributed by atoms with Gasteiger partial charge in [0.25, 0.3) is 5.91 Å². The summed E-state index contributed by atoms with van der Waals surface area (Å²) in [5, 5.41) is 9.92. The van der Waals surface area contributed by atoms with Crippen LogP contribution in [0.3, 0.4) is 0 Å². The van der Waals surface area contributed by atoms with Crippen LogP contribution in [0.4, 0.5) is 4.39 Å². The van der Waals surface area contributed by atoms with Crippen molar-refractivity contribution in [1.82, 2.24) is 20.5 Å². The fourth-order valence-corrected chi connectivity index (χ4v) is 2.96. The molecule has 128 valence electrons. The van der Waals surface area contributed by atoms with E-state index in [1.165, 1.54) is 12.1 Å². The highest BCUT2D eigenvalue weighted by atomic mass is 19.1. The Hall–Kier alpha value is -2.80. The summed E-state index contributed by atoms with van der Waals surface area (Å²) in [5.41, 5.74) is 2.65. The summed E-state index contributed by atoms with van der Waals surface area (Å²) in [4.78, 5) is 16.8. The van der Waals surface area contributed by atoms with E-state index in [1.54, 1.807) is 24.3 Å². The third-order valence-corrected chi connectivity index (χ3v) is 4.25. The molecule has 1 fully saturated rings. The van der Waals surface area contributed by atoms with Crippen LogP contribution in [-0.2, 0) is 4.74 Å². The number of amides is 1. The van der Waals surface area contributed by atoms with E-state index in [1.807, 2.05) is 0 Å². The molecule has 7 heteroatoms. The van der Waals surface area contributed by atoms with Crippen molar-refractivity contribution in [2.45, 2.75) is 18.9 Å². The van der Waals surface area contributed by atoms with Crippen molar-refractivity contribution in [3.8, 4) is 11.3 Å². The highest BCUT2D eigenvalue weighted by molar-refractivity contribution is 5.97. The maximum absolute atomic E-state index is 13.5. The molecular formula is C18H17FN4O2. The predicted octanol–water partition coefficient (Wildman–Crippen LogP) is 2.67. The second-order valence-corrected chi connectivity index (χ2v) is 6.02. The van der Waals surface area contributed by atoms with Crippen LogP contribution in [0.5, 0.6) is 0 Å². The molecule has 1 aliphatic rings. The smallest absolute Gasteiger partial charge is 0.269 e. The molecule has 0 radical (unpaired) electrons. The van der Waals surface area contributed by atoms with E-state index in [4.69, 9.17) is 4.74 Å². The molecule has 1 unspecified atom stereocenters. The number of carbonyl (C=O) groups is 1. The van der Waals surface area contributed by atoms with Gasteiger partial charge in [-0.25, -0.2) is 9.37 Å². The Morgan fingerprint density at radius 3 is 3.08 bits per heavy atom. The van der Waals surface area contributed by atoms with Crippen LogP contribution in [-0.4, -0.2) is 40.3 Å². The summed E-state index contributed by atoms with van der Waals surface area (Å²) in [5.74, 6) is -0.608. The minimum Gasteiger partial charge on any atom is -0.376 e. The Morgan fingerprint density at radius 1 is 1.36 bits per heavy atom. The lowest BCUT2D eigenvalue weighted by Gasteiger charge is -2.10. The molecule has 0 aliphatic carbocycles. The van der Waals surface area contributed by atoms with E-state index in [9.17, 15) is 9.18 Å². The molecule has 2 N–H and O–H groups in total. The van der Waals surface area contributed by atoms with Gasteiger partial charge in [0.2, 0.25) is 0 Å². The SMILES string of the molecule is O=C(NCC1CCCO1)c1ccc2[nH]nc(-c3cccc(F)c3)c2n1. The summed E-state index contributed by atoms with van der Waals surface area (Å²) < 4.78 is 19.0. The van der Waals surface area contributed by atoms with Crippen molar-refractivity contribution in [3.05, 3.63) is 47.9 Å². The Morgan fingerprint density at radius 2 is 2.28 bits per heavy atom. The number of hydrogen-bond acceptors (Lipinski definition) is 4. The zero-order valence-electron chi connectivity index (χ0n) is 13.5.